The Hall–Kier alpha value is -1.51. The summed E-state index contributed by atoms with van der Waals surface area (Å²) in [6.07, 6.45) is 8.81. The molecule has 0 spiro atoms. The van der Waals surface area contributed by atoms with Crippen LogP contribution in [0.4, 0.5) is 0 Å². The van der Waals surface area contributed by atoms with Crippen molar-refractivity contribution < 1.29 is 4.79 Å². The van der Waals surface area contributed by atoms with Gasteiger partial charge in [0.05, 0.1) is 0 Å². The topological polar surface area (TPSA) is 55.1 Å². The summed E-state index contributed by atoms with van der Waals surface area (Å²) in [6, 6.07) is 0. The van der Waals surface area contributed by atoms with Crippen LogP contribution in [0.25, 0.3) is 0 Å². The van der Waals surface area contributed by atoms with E-state index in [9.17, 15) is 4.79 Å². The summed E-state index contributed by atoms with van der Waals surface area (Å²) in [5.74, 6) is -0.0272. The van der Waals surface area contributed by atoms with E-state index in [1.807, 2.05) is 0 Å². The second-order valence-electron chi connectivity index (χ2n) is 2.20. The average molecular weight is 150 g/mol. The summed E-state index contributed by atoms with van der Waals surface area (Å²) >= 11 is 0. The maximum atomic E-state index is 10.8. The highest BCUT2D eigenvalue weighted by Gasteiger charge is 1.94. The number of carbonyl (C=O) groups excluding carboxylic acids is 1. The third-order valence-corrected chi connectivity index (χ3v) is 1.24. The number of rotatable bonds is 0. The molecule has 0 aromatic carbocycles. The largest absolute Gasteiger partial charge is 0.399 e. The van der Waals surface area contributed by atoms with Crippen molar-refractivity contribution in [3.05, 3.63) is 36.2 Å². The number of amides is 1. The molecule has 3 nitrogen and oxygen atoms in total. The Morgan fingerprint density at radius 2 is 2.36 bits per heavy atom. The first-order chi connectivity index (χ1) is 5.29. The molecule has 0 aliphatic carbocycles. The lowest BCUT2D eigenvalue weighted by atomic mass is 10.3. The average Bonchev–Trinajstić information content (AvgIpc) is 2.04. The second-order valence-corrected chi connectivity index (χ2v) is 2.20. The molecule has 1 aliphatic heterocycles. The zero-order chi connectivity index (χ0) is 8.10. The lowest BCUT2D eigenvalue weighted by Gasteiger charge is -1.91. The molecule has 1 heterocycles. The van der Waals surface area contributed by atoms with Crippen LogP contribution in [0.1, 0.15) is 6.42 Å². The van der Waals surface area contributed by atoms with Gasteiger partial charge in [-0.05, 0) is 18.2 Å². The smallest absolute Gasteiger partial charge is 0.227 e. The number of nitrogens with one attached hydrogen (secondary N) is 1. The molecule has 0 saturated heterocycles. The van der Waals surface area contributed by atoms with E-state index >= 15 is 0 Å². The monoisotopic (exact) mass is 150 g/mol. The van der Waals surface area contributed by atoms with Crippen LogP contribution in [0, 0.1) is 0 Å². The fourth-order valence-corrected chi connectivity index (χ4v) is 0.717. The molecular weight excluding hydrogens is 140 g/mol. The predicted octanol–water partition coefficient (Wildman–Crippen LogP) is 0.419. The Kier molecular flexibility index (Phi) is 2.49. The van der Waals surface area contributed by atoms with Gasteiger partial charge in [-0.25, -0.2) is 0 Å². The highest BCUT2D eigenvalue weighted by Crippen LogP contribution is 1.93. The number of carbonyl (C=O) groups is 1. The molecule has 11 heavy (non-hydrogen) atoms. The molecule has 3 N–H and O–H groups in total. The molecule has 1 amide bonds. The van der Waals surface area contributed by atoms with Crippen molar-refractivity contribution in [2.45, 2.75) is 6.42 Å². The van der Waals surface area contributed by atoms with Gasteiger partial charge >= 0.3 is 0 Å². The third kappa shape index (κ3) is 2.71. The van der Waals surface area contributed by atoms with E-state index < -0.39 is 0 Å². The number of hydrogen-bond acceptors (Lipinski definition) is 2. The molecule has 0 radical (unpaired) electrons. The summed E-state index contributed by atoms with van der Waals surface area (Å²) in [5.41, 5.74) is 6.15. The van der Waals surface area contributed by atoms with Crippen molar-refractivity contribution >= 4 is 5.91 Å². The van der Waals surface area contributed by atoms with Crippen LogP contribution < -0.4 is 11.1 Å². The van der Waals surface area contributed by atoms with E-state index in [-0.39, 0.29) is 5.91 Å². The van der Waals surface area contributed by atoms with Crippen molar-refractivity contribution in [2.75, 3.05) is 0 Å². The fraction of sp³-hybridized carbons (Fsp3) is 0.125. The zero-order valence-electron chi connectivity index (χ0n) is 6.08. The summed E-state index contributed by atoms with van der Waals surface area (Å²) in [6.45, 7) is 0. The summed E-state index contributed by atoms with van der Waals surface area (Å²) < 4.78 is 0. The van der Waals surface area contributed by atoms with E-state index in [1.54, 1.807) is 30.5 Å². The minimum absolute atomic E-state index is 0.0272. The van der Waals surface area contributed by atoms with Gasteiger partial charge < -0.3 is 11.1 Å². The third-order valence-electron chi connectivity index (χ3n) is 1.24. The Bertz CT molecular complexity index is 238. The van der Waals surface area contributed by atoms with Crippen LogP contribution in [-0.4, -0.2) is 5.91 Å². The van der Waals surface area contributed by atoms with E-state index in [0.29, 0.717) is 12.1 Å². The Balaban J connectivity index is 2.72. The Morgan fingerprint density at radius 1 is 1.55 bits per heavy atom. The zero-order valence-corrected chi connectivity index (χ0v) is 6.08. The maximum Gasteiger partial charge on any atom is 0.227 e. The van der Waals surface area contributed by atoms with E-state index in [1.165, 1.54) is 0 Å². The number of hydrogen-bond donors (Lipinski definition) is 2. The van der Waals surface area contributed by atoms with Crippen molar-refractivity contribution in [3.63, 3.8) is 0 Å². The second kappa shape index (κ2) is 3.61. The molecule has 3 heteroatoms. The van der Waals surface area contributed by atoms with E-state index in [2.05, 4.69) is 5.32 Å². The molecule has 0 aromatic heterocycles. The standard InChI is InChI=1S/C8H10N2O/c9-7-3-1-5-8(11)10-6-2-4-7/h1-4,6H,5,9H2,(H,10,11)/b3-1+,6-2+,7-4+. The van der Waals surface area contributed by atoms with Gasteiger partial charge in [0, 0.05) is 18.3 Å². The summed E-state index contributed by atoms with van der Waals surface area (Å²) in [4.78, 5) is 10.8. The number of allylic oxidation sites excluding steroid dienone is 3. The van der Waals surface area contributed by atoms with Crippen LogP contribution in [0.2, 0.25) is 0 Å². The molecule has 1 aliphatic rings. The van der Waals surface area contributed by atoms with Gasteiger partial charge in [0.1, 0.15) is 0 Å². The van der Waals surface area contributed by atoms with Gasteiger partial charge in [-0.3, -0.25) is 4.79 Å². The SMILES string of the molecule is NC1=C/C=C/NC(=O)C\C=C\1. The van der Waals surface area contributed by atoms with Gasteiger partial charge in [0.25, 0.3) is 0 Å². The van der Waals surface area contributed by atoms with Gasteiger partial charge in [-0.15, -0.1) is 0 Å². The van der Waals surface area contributed by atoms with Crippen molar-refractivity contribution in [1.29, 1.82) is 0 Å². The molecular formula is C8H10N2O. The number of nitrogens with two attached hydrogens (primary N) is 1. The Labute approximate surface area is 65.3 Å². The van der Waals surface area contributed by atoms with Crippen LogP contribution in [0.15, 0.2) is 36.2 Å². The van der Waals surface area contributed by atoms with Crippen molar-refractivity contribution in [1.82, 2.24) is 5.32 Å². The minimum atomic E-state index is -0.0272. The summed E-state index contributed by atoms with van der Waals surface area (Å²) in [5, 5.41) is 2.57. The molecule has 0 atom stereocenters. The molecule has 58 valence electrons. The molecule has 0 fully saturated rings. The predicted molar refractivity (Wildman–Crippen MR) is 43.3 cm³/mol. The fourth-order valence-electron chi connectivity index (χ4n) is 0.717. The minimum Gasteiger partial charge on any atom is -0.399 e. The molecule has 1 rings (SSSR count). The maximum absolute atomic E-state index is 10.8. The van der Waals surface area contributed by atoms with Crippen molar-refractivity contribution in [2.24, 2.45) is 5.73 Å². The first kappa shape index (κ1) is 7.60. The lowest BCUT2D eigenvalue weighted by molar-refractivity contribution is -0.119. The van der Waals surface area contributed by atoms with Crippen LogP contribution in [0.3, 0.4) is 0 Å². The quantitative estimate of drug-likeness (QED) is 0.525. The normalized spacial score (nSPS) is 28.4. The van der Waals surface area contributed by atoms with Gasteiger partial charge in [0.15, 0.2) is 0 Å². The Morgan fingerprint density at radius 3 is 3.18 bits per heavy atom. The highest BCUT2D eigenvalue weighted by molar-refractivity contribution is 5.78. The van der Waals surface area contributed by atoms with Crippen LogP contribution in [-0.2, 0) is 4.79 Å². The lowest BCUT2D eigenvalue weighted by Crippen LogP contribution is -2.14. The van der Waals surface area contributed by atoms with Crippen LogP contribution in [0.5, 0.6) is 0 Å². The first-order valence-electron chi connectivity index (χ1n) is 3.37. The van der Waals surface area contributed by atoms with Gasteiger partial charge in [-0.2, -0.15) is 0 Å². The van der Waals surface area contributed by atoms with Gasteiger partial charge in [0.2, 0.25) is 5.91 Å². The molecule has 0 bridgehead atoms. The first-order valence-corrected chi connectivity index (χ1v) is 3.37. The van der Waals surface area contributed by atoms with E-state index in [0.717, 1.165) is 0 Å². The van der Waals surface area contributed by atoms with Crippen LogP contribution >= 0.6 is 0 Å². The van der Waals surface area contributed by atoms with Crippen molar-refractivity contribution in [3.8, 4) is 0 Å². The van der Waals surface area contributed by atoms with Gasteiger partial charge in [-0.1, -0.05) is 6.08 Å². The molecule has 0 saturated carbocycles. The van der Waals surface area contributed by atoms with E-state index in [4.69, 9.17) is 5.73 Å². The molecule has 0 unspecified atom stereocenters. The molecule has 0 aromatic rings. The summed E-state index contributed by atoms with van der Waals surface area (Å²) in [7, 11) is 0. The highest BCUT2D eigenvalue weighted by atomic mass is 16.1.